The van der Waals surface area contributed by atoms with Gasteiger partial charge in [-0.3, -0.25) is 29.9 Å². The van der Waals surface area contributed by atoms with Crippen molar-refractivity contribution in [3.63, 3.8) is 0 Å². The Labute approximate surface area is 155 Å². The summed E-state index contributed by atoms with van der Waals surface area (Å²) in [5.41, 5.74) is -0.105. The van der Waals surface area contributed by atoms with Crippen LogP contribution in [0.4, 0.5) is 16.2 Å². The molecule has 3 aliphatic rings. The number of imide groups is 2. The van der Waals surface area contributed by atoms with E-state index in [0.717, 1.165) is 29.8 Å². The Bertz CT molecular complexity index is 869. The van der Waals surface area contributed by atoms with Gasteiger partial charge in [-0.15, -0.1) is 0 Å². The number of non-ortho nitro benzene ring substituents is 1. The highest BCUT2D eigenvalue weighted by Crippen LogP contribution is 2.47. The first-order chi connectivity index (χ1) is 12.9. The number of benzene rings is 1. The number of urea groups is 1. The number of nitrogens with one attached hydrogen (secondary N) is 1. The lowest BCUT2D eigenvalue weighted by Gasteiger charge is -2.51. The van der Waals surface area contributed by atoms with Crippen molar-refractivity contribution in [2.45, 2.75) is 38.1 Å². The highest BCUT2D eigenvalue weighted by Gasteiger charge is 2.61. The van der Waals surface area contributed by atoms with Crippen molar-refractivity contribution in [3.05, 3.63) is 33.9 Å². The zero-order valence-corrected chi connectivity index (χ0v) is 14.9. The van der Waals surface area contributed by atoms with E-state index in [-0.39, 0.29) is 18.2 Å². The van der Waals surface area contributed by atoms with Crippen LogP contribution in [0.2, 0.25) is 0 Å². The number of fused-ring (bicyclic) bond motifs is 4. The number of carbonyl (C=O) groups is 3. The number of rotatable bonds is 1. The zero-order chi connectivity index (χ0) is 19.3. The van der Waals surface area contributed by atoms with Gasteiger partial charge >= 0.3 is 6.03 Å². The third kappa shape index (κ3) is 2.41. The quantitative estimate of drug-likeness (QED) is 0.455. The molecule has 142 valence electrons. The summed E-state index contributed by atoms with van der Waals surface area (Å²) in [6.07, 6.45) is 3.47. The van der Waals surface area contributed by atoms with Gasteiger partial charge in [-0.25, -0.2) is 4.79 Å². The van der Waals surface area contributed by atoms with Crippen LogP contribution in [0, 0.1) is 15.5 Å². The average Bonchev–Trinajstić information content (AvgIpc) is 2.90. The van der Waals surface area contributed by atoms with Gasteiger partial charge in [0.15, 0.2) is 5.41 Å². The third-order valence-electron chi connectivity index (χ3n) is 5.99. The number of carbonyl (C=O) groups excluding carboxylic acids is 3. The normalized spacial score (nSPS) is 27.7. The molecule has 1 spiro atoms. The third-order valence-corrected chi connectivity index (χ3v) is 5.99. The fourth-order valence-electron chi connectivity index (χ4n) is 4.67. The Morgan fingerprint density at radius 3 is 2.74 bits per heavy atom. The van der Waals surface area contributed by atoms with E-state index in [9.17, 15) is 24.5 Å². The molecule has 0 aliphatic carbocycles. The van der Waals surface area contributed by atoms with Crippen LogP contribution >= 0.6 is 0 Å². The fourth-order valence-corrected chi connectivity index (χ4v) is 4.67. The number of anilines is 1. The monoisotopic (exact) mass is 372 g/mol. The Kier molecular flexibility index (Phi) is 3.90. The number of nitro benzene ring substituents is 1. The summed E-state index contributed by atoms with van der Waals surface area (Å²) in [7, 11) is 1.36. The lowest BCUT2D eigenvalue weighted by molar-refractivity contribution is -0.384. The van der Waals surface area contributed by atoms with E-state index in [1.165, 1.54) is 19.2 Å². The summed E-state index contributed by atoms with van der Waals surface area (Å²) < 4.78 is 0. The number of barbiturate groups is 1. The maximum absolute atomic E-state index is 13.2. The van der Waals surface area contributed by atoms with E-state index in [1.54, 1.807) is 6.07 Å². The molecule has 2 atom stereocenters. The minimum Gasteiger partial charge on any atom is -0.367 e. The van der Waals surface area contributed by atoms with Crippen LogP contribution in [0.5, 0.6) is 0 Å². The largest absolute Gasteiger partial charge is 0.367 e. The molecular weight excluding hydrogens is 352 g/mol. The first-order valence-corrected chi connectivity index (χ1v) is 9.04. The molecule has 3 heterocycles. The molecule has 1 N–H and O–H groups in total. The van der Waals surface area contributed by atoms with Crippen LogP contribution in [-0.2, 0) is 16.0 Å². The van der Waals surface area contributed by atoms with Gasteiger partial charge < -0.3 is 4.90 Å². The summed E-state index contributed by atoms with van der Waals surface area (Å²) in [4.78, 5) is 51.8. The first kappa shape index (κ1) is 17.4. The minimum absolute atomic E-state index is 0.0491. The zero-order valence-electron chi connectivity index (χ0n) is 14.9. The summed E-state index contributed by atoms with van der Waals surface area (Å²) in [6, 6.07) is 3.49. The highest BCUT2D eigenvalue weighted by atomic mass is 16.6. The molecule has 0 radical (unpaired) electrons. The lowest BCUT2D eigenvalue weighted by atomic mass is 9.67. The van der Waals surface area contributed by atoms with Gasteiger partial charge in [-0.2, -0.15) is 0 Å². The average molecular weight is 372 g/mol. The fraction of sp³-hybridized carbons (Fsp3) is 0.500. The van der Waals surface area contributed by atoms with E-state index >= 15 is 0 Å². The Morgan fingerprint density at radius 2 is 2.00 bits per heavy atom. The SMILES string of the molecule is CN1C(=O)NC(=O)[C@@]2(Cc3cc([N+](=O)[O-])ccc3N3CCCCC[C@@H]32)C1=O. The lowest BCUT2D eigenvalue weighted by Crippen LogP contribution is -2.71. The molecule has 0 saturated carbocycles. The van der Waals surface area contributed by atoms with Gasteiger partial charge in [0.25, 0.3) is 5.69 Å². The van der Waals surface area contributed by atoms with E-state index in [1.807, 2.05) is 4.90 Å². The molecule has 0 unspecified atom stereocenters. The number of hydrogen-bond acceptors (Lipinski definition) is 6. The van der Waals surface area contributed by atoms with Crippen molar-refractivity contribution in [2.75, 3.05) is 18.5 Å². The van der Waals surface area contributed by atoms with Crippen molar-refractivity contribution >= 4 is 29.2 Å². The van der Waals surface area contributed by atoms with Crippen LogP contribution in [0.3, 0.4) is 0 Å². The summed E-state index contributed by atoms with van der Waals surface area (Å²) >= 11 is 0. The van der Waals surface area contributed by atoms with Crippen molar-refractivity contribution in [1.82, 2.24) is 10.2 Å². The molecule has 1 aromatic rings. The van der Waals surface area contributed by atoms with Crippen molar-refractivity contribution in [3.8, 4) is 0 Å². The topological polar surface area (TPSA) is 113 Å². The van der Waals surface area contributed by atoms with Gasteiger partial charge in [0.1, 0.15) is 0 Å². The first-order valence-electron chi connectivity index (χ1n) is 9.04. The van der Waals surface area contributed by atoms with Gasteiger partial charge in [0, 0.05) is 37.8 Å². The number of nitrogens with zero attached hydrogens (tertiary/aromatic N) is 3. The van der Waals surface area contributed by atoms with Crippen LogP contribution in [-0.4, -0.2) is 47.3 Å². The molecule has 0 bridgehead atoms. The van der Waals surface area contributed by atoms with Crippen LogP contribution < -0.4 is 10.2 Å². The molecule has 1 aromatic carbocycles. The molecule has 9 heteroatoms. The van der Waals surface area contributed by atoms with Crippen molar-refractivity contribution < 1.29 is 19.3 Å². The van der Waals surface area contributed by atoms with E-state index in [2.05, 4.69) is 5.32 Å². The second-order valence-corrected chi connectivity index (χ2v) is 7.40. The Balaban J connectivity index is 1.91. The Hall–Kier alpha value is -2.97. The summed E-state index contributed by atoms with van der Waals surface area (Å²) in [6.45, 7) is 0.662. The highest BCUT2D eigenvalue weighted by molar-refractivity contribution is 6.20. The van der Waals surface area contributed by atoms with Crippen LogP contribution in [0.15, 0.2) is 18.2 Å². The molecule has 2 fully saturated rings. The number of hydrogen-bond donors (Lipinski definition) is 1. The molecule has 3 aliphatic heterocycles. The molecule has 27 heavy (non-hydrogen) atoms. The van der Waals surface area contributed by atoms with E-state index < -0.39 is 28.2 Å². The maximum atomic E-state index is 13.2. The van der Waals surface area contributed by atoms with Crippen LogP contribution in [0.1, 0.15) is 31.2 Å². The minimum atomic E-state index is -1.45. The molecule has 4 rings (SSSR count). The van der Waals surface area contributed by atoms with Crippen molar-refractivity contribution in [1.29, 1.82) is 0 Å². The van der Waals surface area contributed by atoms with Gasteiger partial charge in [0.05, 0.1) is 11.0 Å². The van der Waals surface area contributed by atoms with Gasteiger partial charge in [-0.1, -0.05) is 12.8 Å². The van der Waals surface area contributed by atoms with Gasteiger partial charge in [-0.05, 0) is 24.5 Å². The Morgan fingerprint density at radius 1 is 1.22 bits per heavy atom. The molecule has 4 amide bonds. The molecule has 0 aromatic heterocycles. The summed E-state index contributed by atoms with van der Waals surface area (Å²) in [5, 5.41) is 13.5. The second kappa shape index (κ2) is 6.04. The van der Waals surface area contributed by atoms with Crippen LogP contribution in [0.25, 0.3) is 0 Å². The second-order valence-electron chi connectivity index (χ2n) is 7.40. The predicted octanol–water partition coefficient (Wildman–Crippen LogP) is 1.59. The maximum Gasteiger partial charge on any atom is 0.330 e. The van der Waals surface area contributed by atoms with Crippen molar-refractivity contribution in [2.24, 2.45) is 5.41 Å². The molecular formula is C18H20N4O5. The predicted molar refractivity (Wildman–Crippen MR) is 95.1 cm³/mol. The summed E-state index contributed by atoms with van der Waals surface area (Å²) in [5.74, 6) is -1.14. The van der Waals surface area contributed by atoms with E-state index in [4.69, 9.17) is 0 Å². The van der Waals surface area contributed by atoms with E-state index in [0.29, 0.717) is 18.5 Å². The molecule has 2 saturated heterocycles. The van der Waals surface area contributed by atoms with Gasteiger partial charge in [0.2, 0.25) is 11.8 Å². The smallest absolute Gasteiger partial charge is 0.330 e. The number of nitro groups is 1. The standard InChI is InChI=1S/C18H20N4O5/c1-20-16(24)18(15(23)19-17(20)25)10-11-9-12(22(26)27)6-7-13(11)21-8-4-2-3-5-14(18)21/h6-7,9,14H,2-5,8,10H2,1H3,(H,19,23,25)/t14-,18+/m1/s1. The molecule has 9 nitrogen and oxygen atoms in total. The number of amides is 4.